The molecule has 0 N–H and O–H groups in total. The van der Waals surface area contributed by atoms with Gasteiger partial charge in [0.1, 0.15) is 22.1 Å². The van der Waals surface area contributed by atoms with Crippen molar-refractivity contribution in [1.82, 2.24) is 9.46 Å². The largest absolute Gasteiger partial charge is 0.493 e. The second-order valence-electron chi connectivity index (χ2n) is 6.43. The fourth-order valence-electron chi connectivity index (χ4n) is 3.56. The fraction of sp³-hybridized carbons (Fsp3) is 0.471. The number of hydrogen-bond acceptors (Lipinski definition) is 6. The Bertz CT molecular complexity index is 897. The monoisotopic (exact) mass is 364 g/mol. The van der Waals surface area contributed by atoms with E-state index in [-0.39, 0.29) is 11.4 Å². The fourth-order valence-corrected chi connectivity index (χ4v) is 4.98. The Labute approximate surface area is 146 Å². The van der Waals surface area contributed by atoms with Crippen LogP contribution in [0, 0.1) is 13.8 Å². The predicted molar refractivity (Wildman–Crippen MR) is 89.5 cm³/mol. The summed E-state index contributed by atoms with van der Waals surface area (Å²) in [6.07, 6.45) is 1.58. The minimum atomic E-state index is -3.71. The number of aryl methyl sites for hydroxylation is 2. The van der Waals surface area contributed by atoms with Crippen molar-refractivity contribution in [2.45, 2.75) is 38.1 Å². The SMILES string of the molecule is Cc1noc(C)c1S(=O)(=O)N(C)Cc1c2c(cc3c1OCC3)OCC2. The van der Waals surface area contributed by atoms with Gasteiger partial charge in [-0.1, -0.05) is 5.16 Å². The van der Waals surface area contributed by atoms with Crippen molar-refractivity contribution in [3.05, 3.63) is 34.2 Å². The average Bonchev–Trinajstić information content (AvgIpc) is 3.26. The zero-order chi connectivity index (χ0) is 17.8. The highest BCUT2D eigenvalue weighted by atomic mass is 32.2. The van der Waals surface area contributed by atoms with Crippen LogP contribution in [0.1, 0.15) is 28.1 Å². The van der Waals surface area contributed by atoms with E-state index in [1.54, 1.807) is 20.9 Å². The molecule has 0 saturated carbocycles. The summed E-state index contributed by atoms with van der Waals surface area (Å²) in [7, 11) is -2.14. The maximum Gasteiger partial charge on any atom is 0.248 e. The van der Waals surface area contributed by atoms with Gasteiger partial charge in [-0.25, -0.2) is 8.42 Å². The van der Waals surface area contributed by atoms with Gasteiger partial charge in [0.25, 0.3) is 0 Å². The van der Waals surface area contributed by atoms with Gasteiger partial charge >= 0.3 is 0 Å². The number of fused-ring (bicyclic) bond motifs is 2. The summed E-state index contributed by atoms with van der Waals surface area (Å²) in [5, 5.41) is 3.76. The van der Waals surface area contributed by atoms with Crippen LogP contribution >= 0.6 is 0 Å². The minimum Gasteiger partial charge on any atom is -0.493 e. The van der Waals surface area contributed by atoms with E-state index in [1.807, 2.05) is 6.07 Å². The van der Waals surface area contributed by atoms with E-state index >= 15 is 0 Å². The summed E-state index contributed by atoms with van der Waals surface area (Å²) in [5.41, 5.74) is 3.40. The Kier molecular flexibility index (Phi) is 3.77. The zero-order valence-electron chi connectivity index (χ0n) is 14.5. The Morgan fingerprint density at radius 2 is 1.96 bits per heavy atom. The predicted octanol–water partition coefficient (Wildman–Crippen LogP) is 1.98. The van der Waals surface area contributed by atoms with Crippen molar-refractivity contribution in [2.24, 2.45) is 0 Å². The highest BCUT2D eigenvalue weighted by Crippen LogP contribution is 2.41. The molecule has 4 rings (SSSR count). The topological polar surface area (TPSA) is 81.9 Å². The highest BCUT2D eigenvalue weighted by Gasteiger charge is 2.32. The summed E-state index contributed by atoms with van der Waals surface area (Å²) in [5.74, 6) is 1.96. The standard InChI is InChI=1S/C17H20N2O5S/c1-10-17(11(2)24-18-10)25(20,21)19(3)9-14-13-5-7-22-15(13)8-12-4-6-23-16(12)14/h8H,4-7,9H2,1-3H3. The summed E-state index contributed by atoms with van der Waals surface area (Å²) >= 11 is 0. The van der Waals surface area contributed by atoms with E-state index in [0.29, 0.717) is 24.7 Å². The highest BCUT2D eigenvalue weighted by molar-refractivity contribution is 7.89. The van der Waals surface area contributed by atoms with Gasteiger partial charge in [-0.05, 0) is 19.9 Å². The van der Waals surface area contributed by atoms with Crippen LogP contribution in [0.25, 0.3) is 0 Å². The van der Waals surface area contributed by atoms with Gasteiger partial charge in [-0.15, -0.1) is 0 Å². The number of sulfonamides is 1. The second-order valence-corrected chi connectivity index (χ2v) is 8.41. The van der Waals surface area contributed by atoms with Crippen molar-refractivity contribution in [3.63, 3.8) is 0 Å². The summed E-state index contributed by atoms with van der Waals surface area (Å²) in [6.45, 7) is 4.69. The number of ether oxygens (including phenoxy) is 2. The van der Waals surface area contributed by atoms with E-state index in [9.17, 15) is 8.42 Å². The van der Waals surface area contributed by atoms with Crippen LogP contribution in [0.15, 0.2) is 15.5 Å². The summed E-state index contributed by atoms with van der Waals surface area (Å²) < 4.78 is 43.8. The lowest BCUT2D eigenvalue weighted by Gasteiger charge is -2.20. The molecule has 2 aliphatic rings. The molecule has 0 unspecified atom stereocenters. The van der Waals surface area contributed by atoms with E-state index in [1.165, 1.54) is 4.31 Å². The van der Waals surface area contributed by atoms with Gasteiger partial charge in [0, 0.05) is 43.1 Å². The van der Waals surface area contributed by atoms with Gasteiger partial charge in [0.2, 0.25) is 10.0 Å². The number of benzene rings is 1. The van der Waals surface area contributed by atoms with Crippen molar-refractivity contribution in [2.75, 3.05) is 20.3 Å². The molecular weight excluding hydrogens is 344 g/mol. The van der Waals surface area contributed by atoms with Crippen molar-refractivity contribution >= 4 is 10.0 Å². The van der Waals surface area contributed by atoms with Crippen LogP contribution in [-0.4, -0.2) is 38.1 Å². The third kappa shape index (κ3) is 2.51. The zero-order valence-corrected chi connectivity index (χ0v) is 15.3. The first-order valence-electron chi connectivity index (χ1n) is 8.22. The number of nitrogens with zero attached hydrogens (tertiary/aromatic N) is 2. The van der Waals surface area contributed by atoms with Gasteiger partial charge < -0.3 is 14.0 Å². The molecule has 0 radical (unpaired) electrons. The molecule has 0 fully saturated rings. The van der Waals surface area contributed by atoms with E-state index in [2.05, 4.69) is 5.16 Å². The van der Waals surface area contributed by atoms with Crippen LogP contribution < -0.4 is 9.47 Å². The molecule has 1 aromatic heterocycles. The third-order valence-corrected chi connectivity index (χ3v) is 6.83. The van der Waals surface area contributed by atoms with E-state index in [4.69, 9.17) is 14.0 Å². The lowest BCUT2D eigenvalue weighted by molar-refractivity contribution is 0.348. The molecular formula is C17H20N2O5S. The first kappa shape index (κ1) is 16.4. The van der Waals surface area contributed by atoms with Gasteiger partial charge in [0.15, 0.2) is 5.76 Å². The van der Waals surface area contributed by atoms with E-state index < -0.39 is 10.0 Å². The van der Waals surface area contributed by atoms with Gasteiger partial charge in [0.05, 0.1) is 13.2 Å². The number of hydrogen-bond donors (Lipinski definition) is 0. The van der Waals surface area contributed by atoms with Gasteiger partial charge in [-0.2, -0.15) is 4.31 Å². The first-order chi connectivity index (χ1) is 11.9. The molecule has 0 amide bonds. The molecule has 0 spiro atoms. The lowest BCUT2D eigenvalue weighted by atomic mass is 9.99. The van der Waals surface area contributed by atoms with Crippen molar-refractivity contribution < 1.29 is 22.4 Å². The third-order valence-electron chi connectivity index (χ3n) is 4.78. The van der Waals surface area contributed by atoms with Gasteiger partial charge in [-0.3, -0.25) is 0 Å². The Balaban J connectivity index is 1.74. The molecule has 1 aromatic carbocycles. The molecule has 8 heteroatoms. The first-order valence-corrected chi connectivity index (χ1v) is 9.66. The number of aromatic nitrogens is 1. The lowest BCUT2D eigenvalue weighted by Crippen LogP contribution is -2.28. The Hall–Kier alpha value is -2.06. The summed E-state index contributed by atoms with van der Waals surface area (Å²) in [4.78, 5) is 0.136. The molecule has 0 saturated heterocycles. The molecule has 2 aromatic rings. The minimum absolute atomic E-state index is 0.136. The van der Waals surface area contributed by atoms with Crippen LogP contribution in [0.2, 0.25) is 0 Å². The molecule has 7 nitrogen and oxygen atoms in total. The second kappa shape index (κ2) is 5.74. The molecule has 134 valence electrons. The Morgan fingerprint density at radius 3 is 2.68 bits per heavy atom. The normalized spacial score (nSPS) is 15.8. The van der Waals surface area contributed by atoms with Crippen molar-refractivity contribution in [3.8, 4) is 11.5 Å². The number of rotatable bonds is 4. The van der Waals surface area contributed by atoms with Crippen LogP contribution in [0.4, 0.5) is 0 Å². The smallest absolute Gasteiger partial charge is 0.248 e. The molecule has 25 heavy (non-hydrogen) atoms. The summed E-state index contributed by atoms with van der Waals surface area (Å²) in [6, 6.07) is 2.02. The van der Waals surface area contributed by atoms with Crippen LogP contribution in [0.3, 0.4) is 0 Å². The van der Waals surface area contributed by atoms with Crippen LogP contribution in [-0.2, 0) is 29.4 Å². The quantitative estimate of drug-likeness (QED) is 0.825. The average molecular weight is 364 g/mol. The molecule has 2 aliphatic heterocycles. The molecule has 0 aliphatic carbocycles. The Morgan fingerprint density at radius 1 is 1.20 bits per heavy atom. The van der Waals surface area contributed by atoms with Crippen LogP contribution in [0.5, 0.6) is 11.5 Å². The maximum atomic E-state index is 13.0. The molecule has 0 bridgehead atoms. The molecule has 3 heterocycles. The maximum absolute atomic E-state index is 13.0. The molecule has 0 atom stereocenters. The van der Waals surface area contributed by atoms with E-state index in [0.717, 1.165) is 41.0 Å². The van der Waals surface area contributed by atoms with Crippen molar-refractivity contribution in [1.29, 1.82) is 0 Å².